The molecule has 126 valence electrons. The summed E-state index contributed by atoms with van der Waals surface area (Å²) in [6, 6.07) is 4.25. The van der Waals surface area contributed by atoms with Crippen LogP contribution in [0, 0.1) is 10.1 Å². The molecule has 0 spiro atoms. The molecule has 0 saturated carbocycles. The summed E-state index contributed by atoms with van der Waals surface area (Å²) in [5.41, 5.74) is 0.690. The van der Waals surface area contributed by atoms with Gasteiger partial charge in [0.15, 0.2) is 0 Å². The van der Waals surface area contributed by atoms with Crippen molar-refractivity contribution in [3.8, 4) is 0 Å². The van der Waals surface area contributed by atoms with E-state index < -0.39 is 17.0 Å². The summed E-state index contributed by atoms with van der Waals surface area (Å²) in [5, 5.41) is 20.7. The minimum atomic E-state index is -0.520. The number of ether oxygens (including phenoxy) is 1. The van der Waals surface area contributed by atoms with Gasteiger partial charge in [0, 0.05) is 38.8 Å². The van der Waals surface area contributed by atoms with Crippen LogP contribution in [0.4, 0.5) is 11.4 Å². The third-order valence-electron chi connectivity index (χ3n) is 3.83. The Hall–Kier alpha value is -2.19. The lowest BCUT2D eigenvalue weighted by Gasteiger charge is -2.36. The maximum atomic E-state index is 11.7. The minimum absolute atomic E-state index is 0.0263. The summed E-state index contributed by atoms with van der Waals surface area (Å²) >= 11 is 0. The van der Waals surface area contributed by atoms with E-state index in [1.807, 2.05) is 4.90 Å². The molecular formula is C15H21N3O5. The minimum Gasteiger partial charge on any atom is -0.465 e. The van der Waals surface area contributed by atoms with Crippen LogP contribution in [-0.4, -0.2) is 66.8 Å². The first-order chi connectivity index (χ1) is 10.9. The van der Waals surface area contributed by atoms with E-state index in [9.17, 15) is 20.0 Å². The first kappa shape index (κ1) is 17.2. The summed E-state index contributed by atoms with van der Waals surface area (Å²) < 4.78 is 4.68. The second kappa shape index (κ2) is 7.38. The van der Waals surface area contributed by atoms with Gasteiger partial charge < -0.3 is 14.7 Å². The average molecular weight is 323 g/mol. The summed E-state index contributed by atoms with van der Waals surface area (Å²) in [4.78, 5) is 26.5. The zero-order chi connectivity index (χ0) is 17.0. The van der Waals surface area contributed by atoms with E-state index in [1.165, 1.54) is 25.3 Å². The van der Waals surface area contributed by atoms with E-state index >= 15 is 0 Å². The van der Waals surface area contributed by atoms with Gasteiger partial charge in [0.1, 0.15) is 5.69 Å². The summed E-state index contributed by atoms with van der Waals surface area (Å²) in [7, 11) is 1.28. The van der Waals surface area contributed by atoms with Crippen LogP contribution in [0.25, 0.3) is 0 Å². The summed E-state index contributed by atoms with van der Waals surface area (Å²) in [6.07, 6.45) is -0.404. The van der Waals surface area contributed by atoms with E-state index in [0.29, 0.717) is 44.0 Å². The van der Waals surface area contributed by atoms with Crippen molar-refractivity contribution in [3.05, 3.63) is 33.9 Å². The largest absolute Gasteiger partial charge is 0.465 e. The average Bonchev–Trinajstić information content (AvgIpc) is 2.53. The fraction of sp³-hybridized carbons (Fsp3) is 0.533. The van der Waals surface area contributed by atoms with Crippen LogP contribution < -0.4 is 4.90 Å². The molecule has 1 aromatic carbocycles. The van der Waals surface area contributed by atoms with Crippen LogP contribution in [0.2, 0.25) is 0 Å². The molecule has 1 fully saturated rings. The number of nitrogens with zero attached hydrogens (tertiary/aromatic N) is 3. The number of rotatable bonds is 5. The predicted molar refractivity (Wildman–Crippen MR) is 84.8 cm³/mol. The second-order valence-electron chi connectivity index (χ2n) is 5.59. The molecule has 1 aliphatic heterocycles. The van der Waals surface area contributed by atoms with Crippen molar-refractivity contribution in [1.29, 1.82) is 0 Å². The standard InChI is InChI=1S/C15H21N3O5/c1-11(19)10-16-5-7-17(8-6-16)14-9-12(15(20)23-2)3-4-13(14)18(21)22/h3-4,9,11,19H,5-8,10H2,1-2H3/t11-/m1/s1. The van der Waals surface area contributed by atoms with Crippen molar-refractivity contribution < 1.29 is 19.6 Å². The molecule has 0 unspecified atom stereocenters. The van der Waals surface area contributed by atoms with Crippen LogP contribution in [0.5, 0.6) is 0 Å². The molecular weight excluding hydrogens is 302 g/mol. The number of benzene rings is 1. The van der Waals surface area contributed by atoms with E-state index in [4.69, 9.17) is 0 Å². The second-order valence-corrected chi connectivity index (χ2v) is 5.59. The normalized spacial score (nSPS) is 16.9. The van der Waals surface area contributed by atoms with Gasteiger partial charge in [0.05, 0.1) is 23.7 Å². The molecule has 8 heteroatoms. The van der Waals surface area contributed by atoms with Gasteiger partial charge in [-0.15, -0.1) is 0 Å². The van der Waals surface area contributed by atoms with Crippen LogP contribution in [0.3, 0.4) is 0 Å². The maximum absolute atomic E-state index is 11.7. The van der Waals surface area contributed by atoms with Gasteiger partial charge in [-0.05, 0) is 19.1 Å². The lowest BCUT2D eigenvalue weighted by Crippen LogP contribution is -2.48. The van der Waals surface area contributed by atoms with Crippen molar-refractivity contribution in [2.75, 3.05) is 44.7 Å². The summed E-state index contributed by atoms with van der Waals surface area (Å²) in [5.74, 6) is -0.520. The predicted octanol–water partition coefficient (Wildman–Crippen LogP) is 0.884. The van der Waals surface area contributed by atoms with Gasteiger partial charge in [0.2, 0.25) is 0 Å². The number of carbonyl (C=O) groups is 1. The van der Waals surface area contributed by atoms with Crippen molar-refractivity contribution in [3.63, 3.8) is 0 Å². The lowest BCUT2D eigenvalue weighted by atomic mass is 10.1. The monoisotopic (exact) mass is 323 g/mol. The molecule has 0 amide bonds. The van der Waals surface area contributed by atoms with Gasteiger partial charge >= 0.3 is 5.97 Å². The smallest absolute Gasteiger partial charge is 0.337 e. The fourth-order valence-electron chi connectivity index (χ4n) is 2.72. The molecule has 8 nitrogen and oxygen atoms in total. The Morgan fingerprint density at radius 1 is 1.39 bits per heavy atom. The number of nitro groups is 1. The van der Waals surface area contributed by atoms with Crippen LogP contribution in [0.1, 0.15) is 17.3 Å². The number of aliphatic hydroxyl groups is 1. The van der Waals surface area contributed by atoms with E-state index in [0.717, 1.165) is 0 Å². The molecule has 2 rings (SSSR count). The Balaban J connectivity index is 2.20. The summed E-state index contributed by atoms with van der Waals surface area (Å²) in [6.45, 7) is 4.90. The van der Waals surface area contributed by atoms with Crippen LogP contribution >= 0.6 is 0 Å². The van der Waals surface area contributed by atoms with Crippen LogP contribution in [-0.2, 0) is 4.74 Å². The zero-order valence-electron chi connectivity index (χ0n) is 13.3. The Morgan fingerprint density at radius 2 is 2.04 bits per heavy atom. The third kappa shape index (κ3) is 4.17. The van der Waals surface area contributed by atoms with Crippen molar-refractivity contribution in [2.24, 2.45) is 0 Å². The van der Waals surface area contributed by atoms with E-state index in [-0.39, 0.29) is 5.69 Å². The molecule has 1 atom stereocenters. The van der Waals surface area contributed by atoms with Gasteiger partial charge in [-0.1, -0.05) is 0 Å². The third-order valence-corrected chi connectivity index (χ3v) is 3.83. The van der Waals surface area contributed by atoms with Gasteiger partial charge in [-0.2, -0.15) is 0 Å². The van der Waals surface area contributed by atoms with Gasteiger partial charge in [-0.25, -0.2) is 4.79 Å². The lowest BCUT2D eigenvalue weighted by molar-refractivity contribution is -0.384. The number of hydrogen-bond donors (Lipinski definition) is 1. The number of aliphatic hydroxyl groups excluding tert-OH is 1. The van der Waals surface area contributed by atoms with E-state index in [2.05, 4.69) is 9.64 Å². The Morgan fingerprint density at radius 3 is 2.57 bits per heavy atom. The van der Waals surface area contributed by atoms with Gasteiger partial charge in [-0.3, -0.25) is 15.0 Å². The number of anilines is 1. The number of nitro benzene ring substituents is 1. The SMILES string of the molecule is COC(=O)c1ccc([N+](=O)[O-])c(N2CCN(C[C@@H](C)O)CC2)c1. The topological polar surface area (TPSA) is 96.1 Å². The maximum Gasteiger partial charge on any atom is 0.337 e. The van der Waals surface area contributed by atoms with Crippen LogP contribution in [0.15, 0.2) is 18.2 Å². The molecule has 0 aliphatic carbocycles. The molecule has 0 bridgehead atoms. The zero-order valence-corrected chi connectivity index (χ0v) is 13.3. The van der Waals surface area contributed by atoms with E-state index in [1.54, 1.807) is 6.92 Å². The molecule has 23 heavy (non-hydrogen) atoms. The fourth-order valence-corrected chi connectivity index (χ4v) is 2.72. The molecule has 0 radical (unpaired) electrons. The molecule has 1 aromatic rings. The number of carbonyl (C=O) groups excluding carboxylic acids is 1. The Bertz CT molecular complexity index is 582. The Kier molecular flexibility index (Phi) is 5.51. The number of methoxy groups -OCH3 is 1. The molecule has 1 saturated heterocycles. The number of piperazine rings is 1. The number of β-amino-alcohol motifs (C(OH)–C–C–N with tert-alkyl or cyclic N) is 1. The highest BCUT2D eigenvalue weighted by Crippen LogP contribution is 2.30. The highest BCUT2D eigenvalue weighted by atomic mass is 16.6. The first-order valence-corrected chi connectivity index (χ1v) is 7.44. The molecule has 1 heterocycles. The van der Waals surface area contributed by atoms with Crippen molar-refractivity contribution in [2.45, 2.75) is 13.0 Å². The Labute approximate surface area is 134 Å². The molecule has 1 aliphatic rings. The molecule has 0 aromatic heterocycles. The van der Waals surface area contributed by atoms with Crippen molar-refractivity contribution >= 4 is 17.3 Å². The van der Waals surface area contributed by atoms with Crippen molar-refractivity contribution in [1.82, 2.24) is 4.90 Å². The quantitative estimate of drug-likeness (QED) is 0.488. The first-order valence-electron chi connectivity index (χ1n) is 7.44. The van der Waals surface area contributed by atoms with Gasteiger partial charge in [0.25, 0.3) is 5.69 Å². The highest BCUT2D eigenvalue weighted by Gasteiger charge is 2.25. The highest BCUT2D eigenvalue weighted by molar-refractivity contribution is 5.91. The number of esters is 1. The molecule has 1 N–H and O–H groups in total. The number of hydrogen-bond acceptors (Lipinski definition) is 7.